The molecule has 1 heterocycles. The number of rotatable bonds is 6. The zero-order chi connectivity index (χ0) is 13.7. The Bertz CT molecular complexity index is 253. The van der Waals surface area contributed by atoms with Crippen molar-refractivity contribution in [3.8, 4) is 0 Å². The van der Waals surface area contributed by atoms with Crippen LogP contribution in [-0.2, 0) is 0 Å². The minimum atomic E-state index is 0.580. The van der Waals surface area contributed by atoms with Gasteiger partial charge in [-0.2, -0.15) is 11.8 Å². The Morgan fingerprint density at radius 2 is 1.79 bits per heavy atom. The quantitative estimate of drug-likeness (QED) is 0.753. The average Bonchev–Trinajstić information content (AvgIpc) is 2.77. The third kappa shape index (κ3) is 4.64. The largest absolute Gasteiger partial charge is 0.316 e. The number of nitrogens with one attached hydrogen (secondary N) is 1. The number of nitrogens with zero attached hydrogens (tertiary/aromatic N) is 1. The molecule has 1 aliphatic heterocycles. The van der Waals surface area contributed by atoms with Crippen LogP contribution >= 0.6 is 11.8 Å². The van der Waals surface area contributed by atoms with E-state index in [9.17, 15) is 0 Å². The lowest BCUT2D eigenvalue weighted by Gasteiger charge is -2.41. The van der Waals surface area contributed by atoms with E-state index >= 15 is 0 Å². The van der Waals surface area contributed by atoms with Gasteiger partial charge in [0.2, 0.25) is 0 Å². The minimum Gasteiger partial charge on any atom is -0.316 e. The zero-order valence-electron chi connectivity index (χ0n) is 13.1. The first kappa shape index (κ1) is 15.7. The SMILES string of the molecule is CCCNCC1(CN2CC(C)SC(C)C2)CCCC1. The maximum absolute atomic E-state index is 3.70. The van der Waals surface area contributed by atoms with Gasteiger partial charge in [0.15, 0.2) is 0 Å². The fourth-order valence-electron chi connectivity index (χ4n) is 3.93. The Labute approximate surface area is 124 Å². The van der Waals surface area contributed by atoms with E-state index in [0.717, 1.165) is 10.5 Å². The van der Waals surface area contributed by atoms with Gasteiger partial charge in [0.1, 0.15) is 0 Å². The highest BCUT2D eigenvalue weighted by Gasteiger charge is 2.36. The van der Waals surface area contributed by atoms with Crippen LogP contribution < -0.4 is 5.32 Å². The molecule has 19 heavy (non-hydrogen) atoms. The molecule has 2 nitrogen and oxygen atoms in total. The highest BCUT2D eigenvalue weighted by molar-refractivity contribution is 8.00. The lowest BCUT2D eigenvalue weighted by atomic mass is 9.85. The molecule has 0 aromatic rings. The first-order valence-electron chi connectivity index (χ1n) is 8.22. The van der Waals surface area contributed by atoms with Gasteiger partial charge in [-0.1, -0.05) is 33.6 Å². The van der Waals surface area contributed by atoms with Gasteiger partial charge < -0.3 is 10.2 Å². The van der Waals surface area contributed by atoms with E-state index in [4.69, 9.17) is 0 Å². The van der Waals surface area contributed by atoms with E-state index in [1.165, 1.54) is 64.8 Å². The van der Waals surface area contributed by atoms with Crippen LogP contribution in [0, 0.1) is 5.41 Å². The van der Waals surface area contributed by atoms with Gasteiger partial charge in [-0.05, 0) is 31.2 Å². The van der Waals surface area contributed by atoms with Gasteiger partial charge in [-0.3, -0.25) is 0 Å². The second kappa shape index (κ2) is 7.33. The van der Waals surface area contributed by atoms with E-state index in [0.29, 0.717) is 5.41 Å². The van der Waals surface area contributed by atoms with Crippen LogP contribution in [-0.4, -0.2) is 48.1 Å². The summed E-state index contributed by atoms with van der Waals surface area (Å²) >= 11 is 2.17. The van der Waals surface area contributed by atoms with Crippen molar-refractivity contribution in [3.63, 3.8) is 0 Å². The third-order valence-electron chi connectivity index (χ3n) is 4.65. The molecule has 1 saturated heterocycles. The summed E-state index contributed by atoms with van der Waals surface area (Å²) in [6, 6.07) is 0. The van der Waals surface area contributed by atoms with Crippen molar-refractivity contribution in [2.75, 3.05) is 32.7 Å². The summed E-state index contributed by atoms with van der Waals surface area (Å²) in [5.41, 5.74) is 0.580. The molecule has 0 spiro atoms. The van der Waals surface area contributed by atoms with Crippen molar-refractivity contribution in [3.05, 3.63) is 0 Å². The van der Waals surface area contributed by atoms with E-state index < -0.39 is 0 Å². The van der Waals surface area contributed by atoms with Crippen LogP contribution in [0.4, 0.5) is 0 Å². The molecule has 2 unspecified atom stereocenters. The maximum Gasteiger partial charge on any atom is 0.0149 e. The van der Waals surface area contributed by atoms with Crippen molar-refractivity contribution in [2.24, 2.45) is 5.41 Å². The van der Waals surface area contributed by atoms with E-state index in [2.05, 4.69) is 42.7 Å². The normalized spacial score (nSPS) is 31.7. The highest BCUT2D eigenvalue weighted by atomic mass is 32.2. The van der Waals surface area contributed by atoms with Crippen molar-refractivity contribution in [1.82, 2.24) is 10.2 Å². The highest BCUT2D eigenvalue weighted by Crippen LogP contribution is 2.39. The lowest BCUT2D eigenvalue weighted by Crippen LogP contribution is -2.48. The smallest absolute Gasteiger partial charge is 0.0149 e. The summed E-state index contributed by atoms with van der Waals surface area (Å²) in [7, 11) is 0. The van der Waals surface area contributed by atoms with E-state index in [-0.39, 0.29) is 0 Å². The van der Waals surface area contributed by atoms with Crippen LogP contribution in [0.15, 0.2) is 0 Å². The van der Waals surface area contributed by atoms with Crippen LogP contribution in [0.25, 0.3) is 0 Å². The van der Waals surface area contributed by atoms with Crippen molar-refractivity contribution in [2.45, 2.75) is 63.4 Å². The Balaban J connectivity index is 1.88. The number of hydrogen-bond donors (Lipinski definition) is 1. The Kier molecular flexibility index (Phi) is 6.04. The second-order valence-corrected chi connectivity index (χ2v) is 8.72. The first-order valence-corrected chi connectivity index (χ1v) is 9.16. The van der Waals surface area contributed by atoms with Gasteiger partial charge in [-0.15, -0.1) is 0 Å². The summed E-state index contributed by atoms with van der Waals surface area (Å²) in [5.74, 6) is 0. The van der Waals surface area contributed by atoms with Crippen LogP contribution in [0.2, 0.25) is 0 Å². The van der Waals surface area contributed by atoms with Gasteiger partial charge in [0.25, 0.3) is 0 Å². The molecule has 1 N–H and O–H groups in total. The van der Waals surface area contributed by atoms with Gasteiger partial charge in [0, 0.05) is 36.7 Å². The number of hydrogen-bond acceptors (Lipinski definition) is 3. The molecule has 0 radical (unpaired) electrons. The van der Waals surface area contributed by atoms with Crippen LogP contribution in [0.5, 0.6) is 0 Å². The molecule has 112 valence electrons. The average molecular weight is 285 g/mol. The van der Waals surface area contributed by atoms with Crippen molar-refractivity contribution < 1.29 is 0 Å². The lowest BCUT2D eigenvalue weighted by molar-refractivity contribution is 0.147. The van der Waals surface area contributed by atoms with E-state index in [1.807, 2.05) is 0 Å². The predicted molar refractivity (Wildman–Crippen MR) is 87.0 cm³/mol. The van der Waals surface area contributed by atoms with Crippen LogP contribution in [0.1, 0.15) is 52.9 Å². The monoisotopic (exact) mass is 284 g/mol. The van der Waals surface area contributed by atoms with Crippen molar-refractivity contribution in [1.29, 1.82) is 0 Å². The summed E-state index contributed by atoms with van der Waals surface area (Å²) < 4.78 is 0. The van der Waals surface area contributed by atoms with Gasteiger partial charge in [0.05, 0.1) is 0 Å². The Hall–Kier alpha value is 0.270. The molecule has 0 amide bonds. The molecule has 0 aromatic carbocycles. The molecule has 0 aromatic heterocycles. The Morgan fingerprint density at radius 1 is 1.16 bits per heavy atom. The van der Waals surface area contributed by atoms with Gasteiger partial charge in [-0.25, -0.2) is 0 Å². The zero-order valence-corrected chi connectivity index (χ0v) is 13.9. The standard InChI is InChI=1S/C16H32N2S/c1-4-9-17-12-16(7-5-6-8-16)13-18-10-14(2)19-15(3)11-18/h14-15,17H,4-13H2,1-3H3. The third-order valence-corrected chi connectivity index (χ3v) is 5.87. The molecule has 2 fully saturated rings. The molecule has 0 bridgehead atoms. The minimum absolute atomic E-state index is 0.580. The second-order valence-electron chi connectivity index (χ2n) is 6.84. The molecular weight excluding hydrogens is 252 g/mol. The fourth-order valence-corrected chi connectivity index (χ4v) is 5.32. The molecular formula is C16H32N2S. The topological polar surface area (TPSA) is 15.3 Å². The molecule has 2 atom stereocenters. The molecule has 3 heteroatoms. The molecule has 1 aliphatic carbocycles. The van der Waals surface area contributed by atoms with Gasteiger partial charge >= 0.3 is 0 Å². The van der Waals surface area contributed by atoms with E-state index in [1.54, 1.807) is 0 Å². The van der Waals surface area contributed by atoms with Crippen LogP contribution in [0.3, 0.4) is 0 Å². The number of thioether (sulfide) groups is 1. The maximum atomic E-state index is 3.70. The summed E-state index contributed by atoms with van der Waals surface area (Å²) in [6.45, 7) is 13.4. The molecule has 2 aliphatic rings. The predicted octanol–water partition coefficient (Wildman–Crippen LogP) is 3.37. The first-order chi connectivity index (χ1) is 9.13. The molecule has 1 saturated carbocycles. The fraction of sp³-hybridized carbons (Fsp3) is 1.00. The summed E-state index contributed by atoms with van der Waals surface area (Å²) in [6.07, 6.45) is 7.03. The molecule has 2 rings (SSSR count). The Morgan fingerprint density at radius 3 is 2.37 bits per heavy atom. The van der Waals surface area contributed by atoms with Crippen molar-refractivity contribution >= 4 is 11.8 Å². The summed E-state index contributed by atoms with van der Waals surface area (Å²) in [4.78, 5) is 2.75. The summed E-state index contributed by atoms with van der Waals surface area (Å²) in [5, 5.41) is 5.32.